The molecule has 0 aromatic heterocycles. The molecule has 1 rings (SSSR count). The van der Waals surface area contributed by atoms with E-state index in [0.717, 1.165) is 6.16 Å². The van der Waals surface area contributed by atoms with Crippen molar-refractivity contribution >= 4 is 8.58 Å². The second-order valence-electron chi connectivity index (χ2n) is 3.66. The molecule has 14 heavy (non-hydrogen) atoms. The Hall–Kier alpha value is -0.250. The van der Waals surface area contributed by atoms with E-state index in [1.165, 1.54) is 0 Å². The zero-order chi connectivity index (χ0) is 10.8. The molecule has 0 aromatic carbocycles. The number of aliphatic hydroxyl groups excluding tert-OH is 1. The summed E-state index contributed by atoms with van der Waals surface area (Å²) < 4.78 is 4.96. The minimum Gasteiger partial charge on any atom is -0.368 e. The van der Waals surface area contributed by atoms with Gasteiger partial charge in [-0.05, 0) is 14.7 Å². The van der Waals surface area contributed by atoms with E-state index in [-0.39, 0.29) is 19.4 Å². The van der Waals surface area contributed by atoms with Crippen LogP contribution in [0, 0.1) is 16.0 Å². The maximum Gasteiger partial charge on any atom is 0.237 e. The Bertz CT molecular complexity index is 225. The highest BCUT2D eigenvalue weighted by Gasteiger charge is 2.48. The van der Waals surface area contributed by atoms with Crippen LogP contribution < -0.4 is 0 Å². The molecule has 1 aliphatic heterocycles. The molecular formula is C8H16NO4P. The van der Waals surface area contributed by atoms with Crippen molar-refractivity contribution in [1.82, 2.24) is 0 Å². The topological polar surface area (TPSA) is 72.6 Å². The molecule has 6 heteroatoms. The van der Waals surface area contributed by atoms with Gasteiger partial charge in [0.1, 0.15) is 0 Å². The monoisotopic (exact) mass is 221 g/mol. The quantitative estimate of drug-likeness (QED) is 0.437. The van der Waals surface area contributed by atoms with Crippen LogP contribution in [-0.2, 0) is 4.74 Å². The van der Waals surface area contributed by atoms with E-state index in [2.05, 4.69) is 0 Å². The summed E-state index contributed by atoms with van der Waals surface area (Å²) in [6.45, 7) is 3.89. The van der Waals surface area contributed by atoms with Gasteiger partial charge in [-0.1, -0.05) is 6.92 Å². The number of nitrogens with zero attached hydrogens (tertiary/aromatic N) is 1. The molecule has 0 radical (unpaired) electrons. The van der Waals surface area contributed by atoms with Crippen molar-refractivity contribution in [2.75, 3.05) is 12.8 Å². The molecule has 4 atom stereocenters. The van der Waals surface area contributed by atoms with Crippen molar-refractivity contribution in [3.63, 3.8) is 0 Å². The predicted molar refractivity (Wildman–Crippen MR) is 54.3 cm³/mol. The Morgan fingerprint density at radius 1 is 1.79 bits per heavy atom. The Balaban J connectivity index is 2.72. The molecule has 0 spiro atoms. The van der Waals surface area contributed by atoms with E-state index >= 15 is 0 Å². The zero-order valence-electron chi connectivity index (χ0n) is 8.40. The molecule has 82 valence electrons. The van der Waals surface area contributed by atoms with Gasteiger partial charge in [0, 0.05) is 18.3 Å². The Morgan fingerprint density at radius 3 is 2.79 bits per heavy atom. The van der Waals surface area contributed by atoms with E-state index in [4.69, 9.17) is 4.74 Å². The van der Waals surface area contributed by atoms with Crippen LogP contribution >= 0.6 is 8.58 Å². The lowest BCUT2D eigenvalue weighted by molar-refractivity contribution is -0.545. The van der Waals surface area contributed by atoms with Crippen LogP contribution in [0.15, 0.2) is 0 Å². The molecule has 0 bridgehead atoms. The molecule has 4 unspecified atom stereocenters. The van der Waals surface area contributed by atoms with Crippen LogP contribution in [0.3, 0.4) is 0 Å². The highest BCUT2D eigenvalue weighted by atomic mass is 31.1. The highest BCUT2D eigenvalue weighted by molar-refractivity contribution is 7.39. The summed E-state index contributed by atoms with van der Waals surface area (Å²) in [5, 5.41) is 19.2. The minimum atomic E-state index is -0.924. The molecular weight excluding hydrogens is 205 g/mol. The van der Waals surface area contributed by atoms with E-state index in [9.17, 15) is 15.2 Å². The minimum absolute atomic E-state index is 0.161. The standard InChI is InChI=1S/C8H16NO4P/c1-3-14-8(2,9(11)12)6-4-7(10)13-5-6/h6-7,10,14H,3-5H2,1-2H3. The first-order valence-electron chi connectivity index (χ1n) is 4.70. The summed E-state index contributed by atoms with van der Waals surface area (Å²) in [6, 6.07) is 0. The normalized spacial score (nSPS) is 32.2. The van der Waals surface area contributed by atoms with E-state index < -0.39 is 11.6 Å². The lowest BCUT2D eigenvalue weighted by Gasteiger charge is -2.25. The van der Waals surface area contributed by atoms with Gasteiger partial charge in [-0.3, -0.25) is 10.1 Å². The second kappa shape index (κ2) is 4.51. The lowest BCUT2D eigenvalue weighted by atomic mass is 10.00. The summed E-state index contributed by atoms with van der Waals surface area (Å²) in [4.78, 5) is 10.8. The number of nitro groups is 1. The SMILES string of the molecule is CCPC(C)(C1COC(O)C1)[N+](=O)[O-]. The molecule has 5 nitrogen and oxygen atoms in total. The van der Waals surface area contributed by atoms with Gasteiger partial charge >= 0.3 is 0 Å². The first kappa shape index (κ1) is 11.8. The summed E-state index contributed by atoms with van der Waals surface area (Å²) in [7, 11) is 0.273. The van der Waals surface area contributed by atoms with Crippen molar-refractivity contribution < 1.29 is 14.8 Å². The summed E-state index contributed by atoms with van der Waals surface area (Å²) in [6.07, 6.45) is 0.357. The smallest absolute Gasteiger partial charge is 0.237 e. The van der Waals surface area contributed by atoms with Gasteiger partial charge in [0.05, 0.1) is 12.5 Å². The predicted octanol–water partition coefficient (Wildman–Crippen LogP) is 1.03. The van der Waals surface area contributed by atoms with Crippen LogP contribution in [-0.4, -0.2) is 34.4 Å². The first-order valence-corrected chi connectivity index (χ1v) is 5.90. The van der Waals surface area contributed by atoms with Crippen LogP contribution in [0.25, 0.3) is 0 Å². The van der Waals surface area contributed by atoms with Crippen LogP contribution in [0.5, 0.6) is 0 Å². The van der Waals surface area contributed by atoms with E-state index in [1.807, 2.05) is 6.92 Å². The third kappa shape index (κ3) is 2.22. The maximum absolute atomic E-state index is 11.0. The average Bonchev–Trinajstić information content (AvgIpc) is 2.52. The molecule has 0 saturated carbocycles. The fourth-order valence-electron chi connectivity index (χ4n) is 1.71. The summed E-state index contributed by atoms with van der Waals surface area (Å²) in [5.74, 6) is -0.161. The highest BCUT2D eigenvalue weighted by Crippen LogP contribution is 2.43. The van der Waals surface area contributed by atoms with Gasteiger partial charge < -0.3 is 9.84 Å². The number of hydrogen-bond donors (Lipinski definition) is 1. The molecule has 1 heterocycles. The van der Waals surface area contributed by atoms with Crippen molar-refractivity contribution in [1.29, 1.82) is 0 Å². The van der Waals surface area contributed by atoms with Crippen LogP contribution in [0.4, 0.5) is 0 Å². The van der Waals surface area contributed by atoms with Crippen LogP contribution in [0.2, 0.25) is 0 Å². The second-order valence-corrected chi connectivity index (χ2v) is 5.73. The molecule has 1 N–H and O–H groups in total. The molecule has 0 aliphatic carbocycles. The molecule has 1 saturated heterocycles. The van der Waals surface area contributed by atoms with Crippen molar-refractivity contribution in [2.24, 2.45) is 5.92 Å². The van der Waals surface area contributed by atoms with E-state index in [0.29, 0.717) is 13.0 Å². The molecule has 1 fully saturated rings. The molecule has 0 amide bonds. The zero-order valence-corrected chi connectivity index (χ0v) is 9.40. The third-order valence-corrected chi connectivity index (χ3v) is 4.35. The fourth-order valence-corrected chi connectivity index (χ4v) is 3.05. The number of aliphatic hydroxyl groups is 1. The van der Waals surface area contributed by atoms with Gasteiger partial charge in [0.15, 0.2) is 6.29 Å². The number of ether oxygens (including phenoxy) is 1. The number of hydrogen-bond acceptors (Lipinski definition) is 4. The largest absolute Gasteiger partial charge is 0.368 e. The van der Waals surface area contributed by atoms with Crippen LogP contribution in [0.1, 0.15) is 20.3 Å². The number of rotatable bonds is 4. The van der Waals surface area contributed by atoms with Gasteiger partial charge in [-0.25, -0.2) is 0 Å². The maximum atomic E-state index is 11.0. The van der Waals surface area contributed by atoms with Gasteiger partial charge in [0.25, 0.3) is 0 Å². The molecule has 1 aliphatic rings. The molecule has 0 aromatic rings. The van der Waals surface area contributed by atoms with Gasteiger partial charge in [-0.2, -0.15) is 0 Å². The van der Waals surface area contributed by atoms with Crippen molar-refractivity contribution in [3.05, 3.63) is 10.1 Å². The summed E-state index contributed by atoms with van der Waals surface area (Å²) >= 11 is 0. The van der Waals surface area contributed by atoms with Gasteiger partial charge in [-0.15, -0.1) is 0 Å². The van der Waals surface area contributed by atoms with Gasteiger partial charge in [0.2, 0.25) is 5.28 Å². The van der Waals surface area contributed by atoms with E-state index in [1.54, 1.807) is 6.92 Å². The fraction of sp³-hybridized carbons (Fsp3) is 1.00. The Morgan fingerprint density at radius 2 is 2.43 bits per heavy atom. The average molecular weight is 221 g/mol. The first-order chi connectivity index (χ1) is 6.50. The third-order valence-electron chi connectivity index (χ3n) is 2.68. The Kier molecular flexibility index (Phi) is 3.81. The lowest BCUT2D eigenvalue weighted by Crippen LogP contribution is -2.39. The van der Waals surface area contributed by atoms with Crippen molar-refractivity contribution in [3.8, 4) is 0 Å². The Labute approximate surface area is 84.8 Å². The van der Waals surface area contributed by atoms with Crippen molar-refractivity contribution in [2.45, 2.75) is 31.8 Å². The summed E-state index contributed by atoms with van der Waals surface area (Å²) in [5.41, 5.74) is 0.